The largest absolute Gasteiger partial charge is 0.481 e. The third-order valence-electron chi connectivity index (χ3n) is 12.4. The van der Waals surface area contributed by atoms with Gasteiger partial charge >= 0.3 is 11.9 Å². The second-order valence-corrected chi connectivity index (χ2v) is 21.8. The SMILES string of the molecule is CC[C@H](C)[C@H](N)C(=O)N[C@@H](CCC(N)=O)C(=O)NCC(=O)N[C@H](C(=O)N[C@@H](CC(C)C)C(=O)N[C@@H](CCCCN)C(=O)N[C@@H](CC(=O)O)C(=O)N[C@@H](CS)C(=O)NCC(=O)N[C@@H](CC(C)C)C(=O)N[C@@H](CC(C)C)C(=O)O)C(C)C. The molecule has 0 aliphatic carbocycles. The molecule has 0 heterocycles. The average Bonchev–Trinajstić information content (AvgIpc) is 3.36. The number of rotatable bonds is 40. The quantitative estimate of drug-likeness (QED) is 0.0217. The fourth-order valence-electron chi connectivity index (χ4n) is 7.71. The highest BCUT2D eigenvalue weighted by Gasteiger charge is 2.35. The molecule has 0 aromatic carbocycles. The Morgan fingerprint density at radius 2 is 0.900 bits per heavy atom. The smallest absolute Gasteiger partial charge is 0.326 e. The van der Waals surface area contributed by atoms with E-state index in [0.29, 0.717) is 12.8 Å². The van der Waals surface area contributed by atoms with E-state index in [1.54, 1.807) is 62.3 Å². The number of carboxylic acids is 2. The van der Waals surface area contributed by atoms with Gasteiger partial charge in [-0.1, -0.05) is 75.7 Å². The molecule has 0 bridgehead atoms. The molecule has 0 rings (SSSR count). The molecule has 0 saturated heterocycles. The lowest BCUT2D eigenvalue weighted by molar-refractivity contribution is -0.143. The molecule has 0 aliphatic rings. The fraction of sp³-hybridized carbons (Fsp3) is 0.745. The average molecular weight is 1160 g/mol. The molecule has 11 amide bonds. The van der Waals surface area contributed by atoms with Crippen molar-refractivity contribution in [3.05, 3.63) is 0 Å². The Morgan fingerprint density at radius 3 is 1.36 bits per heavy atom. The minimum Gasteiger partial charge on any atom is -0.481 e. The first kappa shape index (κ1) is 73.4. The van der Waals surface area contributed by atoms with Crippen molar-refractivity contribution in [1.82, 2.24) is 53.2 Å². The minimum absolute atomic E-state index is 0.0149. The number of hydrogen-bond acceptors (Lipinski definition) is 16. The third-order valence-corrected chi connectivity index (χ3v) is 12.8. The summed E-state index contributed by atoms with van der Waals surface area (Å²) in [4.78, 5) is 169. The van der Waals surface area contributed by atoms with Crippen molar-refractivity contribution in [3.63, 3.8) is 0 Å². The maximum absolute atomic E-state index is 14.1. The molecule has 0 unspecified atom stereocenters. The van der Waals surface area contributed by atoms with Crippen LogP contribution < -0.4 is 70.4 Å². The number of carbonyl (C=O) groups excluding carboxylic acids is 11. The Labute approximate surface area is 473 Å². The number of primary amides is 1. The molecular weight excluding hydrogens is 1070 g/mol. The normalized spacial score (nSPS) is 15.0. The molecule has 28 nitrogen and oxygen atoms in total. The van der Waals surface area contributed by atoms with Gasteiger partial charge in [-0.15, -0.1) is 0 Å². The molecule has 10 atom stereocenters. The Morgan fingerprint density at radius 1 is 0.487 bits per heavy atom. The molecule has 18 N–H and O–H groups in total. The summed E-state index contributed by atoms with van der Waals surface area (Å²) >= 11 is 4.12. The van der Waals surface area contributed by atoms with E-state index in [2.05, 4.69) is 65.8 Å². The maximum Gasteiger partial charge on any atom is 0.326 e. The summed E-state index contributed by atoms with van der Waals surface area (Å²) in [6, 6.07) is -12.0. The van der Waals surface area contributed by atoms with Crippen molar-refractivity contribution >= 4 is 89.5 Å². The first-order valence-electron chi connectivity index (χ1n) is 27.0. The summed E-state index contributed by atoms with van der Waals surface area (Å²) < 4.78 is 0. The topological polar surface area (TPSA) is 461 Å². The van der Waals surface area contributed by atoms with Crippen LogP contribution in [-0.2, 0) is 62.3 Å². The zero-order valence-corrected chi connectivity index (χ0v) is 48.8. The molecular formula is C51H91N13O15S. The van der Waals surface area contributed by atoms with Crippen molar-refractivity contribution in [2.75, 3.05) is 25.4 Å². The van der Waals surface area contributed by atoms with Crippen molar-refractivity contribution in [2.24, 2.45) is 46.8 Å². The van der Waals surface area contributed by atoms with Gasteiger partial charge in [-0.3, -0.25) is 57.5 Å². The van der Waals surface area contributed by atoms with Crippen LogP contribution in [0.25, 0.3) is 0 Å². The van der Waals surface area contributed by atoms with Gasteiger partial charge in [0.2, 0.25) is 65.0 Å². The number of unbranched alkanes of at least 4 members (excludes halogenated alkanes) is 1. The van der Waals surface area contributed by atoms with Gasteiger partial charge in [0.25, 0.3) is 0 Å². The number of carbonyl (C=O) groups is 13. The Balaban J connectivity index is 6.26. The minimum atomic E-state index is -1.84. The molecule has 0 fully saturated rings. The predicted octanol–water partition coefficient (Wildman–Crippen LogP) is -2.85. The van der Waals surface area contributed by atoms with Crippen LogP contribution in [0.4, 0.5) is 0 Å². The van der Waals surface area contributed by atoms with E-state index in [-0.39, 0.29) is 80.9 Å². The van der Waals surface area contributed by atoms with Gasteiger partial charge in [0.05, 0.1) is 25.6 Å². The van der Waals surface area contributed by atoms with Gasteiger partial charge in [0.1, 0.15) is 48.3 Å². The first-order valence-corrected chi connectivity index (χ1v) is 27.7. The molecule has 0 aliphatic heterocycles. The number of carboxylic acid groups (broad SMARTS) is 2. The number of thiol groups is 1. The lowest BCUT2D eigenvalue weighted by atomic mass is 9.98. The van der Waals surface area contributed by atoms with Gasteiger partial charge in [0, 0.05) is 12.2 Å². The van der Waals surface area contributed by atoms with Crippen LogP contribution in [0.3, 0.4) is 0 Å². The van der Waals surface area contributed by atoms with Crippen molar-refractivity contribution < 1.29 is 72.5 Å². The standard InChI is InChI=1S/C51H91N13O15S/c1-11-29(10)41(54)49(76)59-31(15-16-37(53)65)43(70)55-23-39(67)64-42(28(8)9)50(77)61-33(19-26(4)5)47(74)58-30(14-12-13-17-52)45(72)60-34(21-40(68)69)48(75)63-36(24-80)44(71)56-22-38(66)57-32(18-25(2)3)46(73)62-35(51(78)79)20-27(6)7/h25-36,41-42,80H,11-24,52,54H2,1-10H3,(H2,53,65)(H,55,70)(H,56,71)(H,57,66)(H,58,74)(H,59,76)(H,60,72)(H,61,77)(H,62,73)(H,63,75)(H,64,67)(H,68,69)(H,78,79)/t29-,30-,31-,32-,33-,34-,35-,36-,41-,42-/m0/s1. The second-order valence-electron chi connectivity index (χ2n) is 21.4. The van der Waals surface area contributed by atoms with Gasteiger partial charge in [-0.25, -0.2) is 4.79 Å². The summed E-state index contributed by atoms with van der Waals surface area (Å²) in [7, 11) is 0. The molecule has 0 saturated carbocycles. The number of amides is 11. The third kappa shape index (κ3) is 29.6. The second kappa shape index (κ2) is 38.1. The first-order chi connectivity index (χ1) is 37.3. The maximum atomic E-state index is 14.1. The number of aliphatic carboxylic acids is 2. The monoisotopic (exact) mass is 1160 g/mol. The van der Waals surface area contributed by atoms with E-state index in [0.717, 1.165) is 0 Å². The van der Waals surface area contributed by atoms with Gasteiger partial charge < -0.3 is 80.6 Å². The highest BCUT2D eigenvalue weighted by Crippen LogP contribution is 2.13. The van der Waals surface area contributed by atoms with Gasteiger partial charge in [0.15, 0.2) is 0 Å². The van der Waals surface area contributed by atoms with E-state index < -0.39 is 157 Å². The Hall–Kier alpha value is -6.62. The highest BCUT2D eigenvalue weighted by molar-refractivity contribution is 7.80. The fourth-order valence-corrected chi connectivity index (χ4v) is 7.97. The summed E-state index contributed by atoms with van der Waals surface area (Å²) in [5.74, 6) is -13.9. The van der Waals surface area contributed by atoms with Gasteiger partial charge in [-0.2, -0.15) is 12.6 Å². The van der Waals surface area contributed by atoms with Crippen molar-refractivity contribution in [1.29, 1.82) is 0 Å². The summed E-state index contributed by atoms with van der Waals surface area (Å²) in [5, 5.41) is 43.8. The Kier molecular flexibility index (Phi) is 34.9. The van der Waals surface area contributed by atoms with E-state index >= 15 is 0 Å². The lowest BCUT2D eigenvalue weighted by Gasteiger charge is -2.28. The molecule has 29 heteroatoms. The summed E-state index contributed by atoms with van der Waals surface area (Å²) in [5.41, 5.74) is 17.0. The van der Waals surface area contributed by atoms with Crippen LogP contribution in [0.2, 0.25) is 0 Å². The van der Waals surface area contributed by atoms with Gasteiger partial charge in [-0.05, 0) is 81.1 Å². The summed E-state index contributed by atoms with van der Waals surface area (Å²) in [6.07, 6.45) is -0.0795. The zero-order chi connectivity index (χ0) is 61.6. The van der Waals surface area contributed by atoms with Crippen LogP contribution in [0.5, 0.6) is 0 Å². The van der Waals surface area contributed by atoms with Crippen LogP contribution in [0, 0.1) is 29.6 Å². The number of hydrogen-bond donors (Lipinski definition) is 16. The van der Waals surface area contributed by atoms with E-state index in [1.807, 2.05) is 6.92 Å². The predicted molar refractivity (Wildman–Crippen MR) is 297 cm³/mol. The molecule has 0 radical (unpaired) electrons. The zero-order valence-electron chi connectivity index (χ0n) is 47.9. The lowest BCUT2D eigenvalue weighted by Crippen LogP contribution is -2.60. The number of nitrogens with one attached hydrogen (secondary N) is 10. The van der Waals surface area contributed by atoms with Crippen molar-refractivity contribution in [2.45, 2.75) is 188 Å². The van der Waals surface area contributed by atoms with E-state index in [9.17, 15) is 72.5 Å². The molecule has 0 aromatic rings. The van der Waals surface area contributed by atoms with Crippen LogP contribution in [0.15, 0.2) is 0 Å². The molecule has 456 valence electrons. The van der Waals surface area contributed by atoms with E-state index in [1.165, 1.54) is 0 Å². The molecule has 0 aromatic heterocycles. The Bertz CT molecular complexity index is 2110. The number of nitrogens with two attached hydrogens (primary N) is 3. The van der Waals surface area contributed by atoms with Crippen LogP contribution >= 0.6 is 12.6 Å². The highest BCUT2D eigenvalue weighted by atomic mass is 32.1. The van der Waals surface area contributed by atoms with Crippen molar-refractivity contribution in [3.8, 4) is 0 Å². The molecule has 0 spiro atoms. The van der Waals surface area contributed by atoms with Crippen LogP contribution in [0.1, 0.15) is 133 Å². The summed E-state index contributed by atoms with van der Waals surface area (Å²) in [6.45, 7) is 16.2. The van der Waals surface area contributed by atoms with Crippen LogP contribution in [-0.4, -0.2) is 167 Å². The van der Waals surface area contributed by atoms with E-state index in [4.69, 9.17) is 17.2 Å². The molecule has 80 heavy (non-hydrogen) atoms.